The molecular formula is C15H36AlN. The lowest BCUT2D eigenvalue weighted by Gasteiger charge is -2.19. The molecule has 1 nitrogen and oxygen atoms in total. The zero-order valence-corrected chi connectivity index (χ0v) is 14.5. The smallest absolute Gasteiger partial charge is 0.261 e. The molecule has 0 aliphatic carbocycles. The SMILES string of the molecule is CCCN(CCC)CCC.C[CH2][Al]([CH2]C)[CH2]C. The second-order valence-corrected chi connectivity index (χ2v) is 9.11. The predicted octanol–water partition coefficient (Wildman–Crippen LogP) is 5.06. The lowest BCUT2D eigenvalue weighted by atomic mass is 10.3. The van der Waals surface area contributed by atoms with Crippen LogP contribution in [-0.2, 0) is 0 Å². The third kappa shape index (κ3) is 14.4. The average molecular weight is 257 g/mol. The van der Waals surface area contributed by atoms with E-state index in [0.29, 0.717) is 0 Å². The third-order valence-electron chi connectivity index (χ3n) is 3.35. The molecule has 0 aromatic rings. The lowest BCUT2D eigenvalue weighted by Crippen LogP contribution is -2.25. The Labute approximate surface area is 115 Å². The summed E-state index contributed by atoms with van der Waals surface area (Å²) in [6, 6.07) is 0. The highest BCUT2D eigenvalue weighted by molar-refractivity contribution is 6.58. The topological polar surface area (TPSA) is 3.24 Å². The number of hydrogen-bond acceptors (Lipinski definition) is 1. The lowest BCUT2D eigenvalue weighted by molar-refractivity contribution is 0.275. The number of rotatable bonds is 9. The van der Waals surface area contributed by atoms with Gasteiger partial charge in [-0.3, -0.25) is 0 Å². The molecule has 0 aromatic heterocycles. The van der Waals surface area contributed by atoms with E-state index in [-0.39, 0.29) is 14.1 Å². The van der Waals surface area contributed by atoms with Crippen molar-refractivity contribution < 1.29 is 0 Å². The molecule has 104 valence electrons. The van der Waals surface area contributed by atoms with Crippen molar-refractivity contribution in [1.29, 1.82) is 0 Å². The molecule has 0 atom stereocenters. The summed E-state index contributed by atoms with van der Waals surface area (Å²) in [5.74, 6) is 0. The highest BCUT2D eigenvalue weighted by Gasteiger charge is 2.05. The van der Waals surface area contributed by atoms with Crippen LogP contribution in [0.4, 0.5) is 0 Å². The van der Waals surface area contributed by atoms with E-state index >= 15 is 0 Å². The fraction of sp³-hybridized carbons (Fsp3) is 1.00. The van der Waals surface area contributed by atoms with Crippen LogP contribution in [0.3, 0.4) is 0 Å². The maximum atomic E-state index is 2.54. The van der Waals surface area contributed by atoms with Crippen molar-refractivity contribution in [2.24, 2.45) is 0 Å². The molecule has 0 bridgehead atoms. The van der Waals surface area contributed by atoms with Gasteiger partial charge in [-0.2, -0.15) is 0 Å². The summed E-state index contributed by atoms with van der Waals surface area (Å²) >= 11 is -0.171. The van der Waals surface area contributed by atoms with Gasteiger partial charge < -0.3 is 4.90 Å². The molecule has 0 heterocycles. The Bertz CT molecular complexity index is 104. The van der Waals surface area contributed by atoms with Crippen LogP contribution in [0.2, 0.25) is 15.8 Å². The first-order valence-corrected chi connectivity index (χ1v) is 10.4. The van der Waals surface area contributed by atoms with E-state index in [2.05, 4.69) is 46.4 Å². The molecule has 0 aliphatic rings. The molecule has 0 N–H and O–H groups in total. The summed E-state index contributed by atoms with van der Waals surface area (Å²) < 4.78 is 0. The van der Waals surface area contributed by atoms with Crippen molar-refractivity contribution in [3.8, 4) is 0 Å². The minimum absolute atomic E-state index is 0.171. The molecule has 0 spiro atoms. The number of nitrogens with zero attached hydrogens (tertiary/aromatic N) is 1. The van der Waals surface area contributed by atoms with Crippen LogP contribution in [0, 0.1) is 0 Å². The van der Waals surface area contributed by atoms with Gasteiger partial charge in [0.25, 0.3) is 14.1 Å². The highest BCUT2D eigenvalue weighted by atomic mass is 27.2. The summed E-state index contributed by atoms with van der Waals surface area (Å²) in [5.41, 5.74) is 0. The molecular weight excluding hydrogens is 221 g/mol. The third-order valence-corrected chi connectivity index (χ3v) is 6.82. The summed E-state index contributed by atoms with van der Waals surface area (Å²) in [7, 11) is 0. The van der Waals surface area contributed by atoms with E-state index in [1.165, 1.54) is 54.7 Å². The van der Waals surface area contributed by atoms with Gasteiger partial charge in [-0.1, -0.05) is 57.4 Å². The predicted molar refractivity (Wildman–Crippen MR) is 84.5 cm³/mol. The molecule has 0 fully saturated rings. The van der Waals surface area contributed by atoms with E-state index in [4.69, 9.17) is 0 Å². The summed E-state index contributed by atoms with van der Waals surface area (Å²) in [6.07, 6.45) is 3.88. The molecule has 0 aliphatic heterocycles. The summed E-state index contributed by atoms with van der Waals surface area (Å²) in [6.45, 7) is 17.6. The van der Waals surface area contributed by atoms with Crippen molar-refractivity contribution >= 4 is 14.1 Å². The van der Waals surface area contributed by atoms with Crippen LogP contribution in [0.1, 0.15) is 60.8 Å². The Morgan fingerprint density at radius 2 is 0.882 bits per heavy atom. The van der Waals surface area contributed by atoms with Crippen LogP contribution >= 0.6 is 0 Å². The van der Waals surface area contributed by atoms with Crippen molar-refractivity contribution in [1.82, 2.24) is 4.90 Å². The van der Waals surface area contributed by atoms with Gasteiger partial charge in [0.1, 0.15) is 0 Å². The van der Waals surface area contributed by atoms with E-state index in [1.54, 1.807) is 0 Å². The van der Waals surface area contributed by atoms with Gasteiger partial charge in [-0.05, 0) is 38.9 Å². The van der Waals surface area contributed by atoms with Gasteiger partial charge in [0, 0.05) is 0 Å². The minimum Gasteiger partial charge on any atom is -0.303 e. The molecule has 2 heteroatoms. The minimum atomic E-state index is -0.171. The molecule has 0 radical (unpaired) electrons. The van der Waals surface area contributed by atoms with Crippen molar-refractivity contribution in [3.63, 3.8) is 0 Å². The van der Waals surface area contributed by atoms with Crippen molar-refractivity contribution in [2.75, 3.05) is 19.6 Å². The van der Waals surface area contributed by atoms with Crippen LogP contribution in [0.15, 0.2) is 0 Å². The second kappa shape index (κ2) is 16.5. The van der Waals surface area contributed by atoms with Crippen LogP contribution < -0.4 is 0 Å². The molecule has 17 heavy (non-hydrogen) atoms. The van der Waals surface area contributed by atoms with Crippen molar-refractivity contribution in [2.45, 2.75) is 76.7 Å². The Morgan fingerprint density at radius 1 is 0.588 bits per heavy atom. The van der Waals surface area contributed by atoms with Gasteiger partial charge in [0.15, 0.2) is 0 Å². The molecule has 0 amide bonds. The van der Waals surface area contributed by atoms with Gasteiger partial charge in [-0.15, -0.1) is 0 Å². The van der Waals surface area contributed by atoms with E-state index in [1.807, 2.05) is 0 Å². The first kappa shape index (κ1) is 19.8. The fourth-order valence-corrected chi connectivity index (χ4v) is 3.88. The maximum Gasteiger partial charge on any atom is 0.261 e. The first-order valence-electron chi connectivity index (χ1n) is 7.92. The normalized spacial score (nSPS) is 10.1. The van der Waals surface area contributed by atoms with Crippen LogP contribution in [-0.4, -0.2) is 38.7 Å². The molecule has 0 rings (SSSR count). The molecule has 0 unspecified atom stereocenters. The second-order valence-electron chi connectivity index (χ2n) is 4.93. The molecule has 0 saturated heterocycles. The largest absolute Gasteiger partial charge is 0.303 e. The summed E-state index contributed by atoms with van der Waals surface area (Å²) in [4.78, 5) is 2.54. The zero-order chi connectivity index (χ0) is 13.5. The Morgan fingerprint density at radius 3 is 1.00 bits per heavy atom. The van der Waals surface area contributed by atoms with Gasteiger partial charge >= 0.3 is 0 Å². The fourth-order valence-electron chi connectivity index (χ4n) is 2.15. The first-order chi connectivity index (χ1) is 8.19. The monoisotopic (exact) mass is 257 g/mol. The molecule has 0 aromatic carbocycles. The van der Waals surface area contributed by atoms with E-state index in [9.17, 15) is 0 Å². The van der Waals surface area contributed by atoms with E-state index < -0.39 is 0 Å². The standard InChI is InChI=1S/C9H21N.3C2H5.Al/c1-4-7-10(8-5-2)9-6-3;3*1-2;/h4-9H2,1-3H3;3*1H2,2H3;. The van der Waals surface area contributed by atoms with E-state index in [0.717, 1.165) is 0 Å². The Hall–Kier alpha value is 0.492. The molecule has 0 saturated carbocycles. The quantitative estimate of drug-likeness (QED) is 0.522. The van der Waals surface area contributed by atoms with Crippen LogP contribution in [0.5, 0.6) is 0 Å². The van der Waals surface area contributed by atoms with Crippen LogP contribution in [0.25, 0.3) is 0 Å². The highest BCUT2D eigenvalue weighted by Crippen LogP contribution is 2.01. The van der Waals surface area contributed by atoms with Gasteiger partial charge in [-0.25, -0.2) is 0 Å². The average Bonchev–Trinajstić information content (AvgIpc) is 2.33. The zero-order valence-electron chi connectivity index (χ0n) is 13.4. The van der Waals surface area contributed by atoms with Gasteiger partial charge in [0.05, 0.1) is 0 Å². The maximum absolute atomic E-state index is 2.54. The van der Waals surface area contributed by atoms with Crippen molar-refractivity contribution in [3.05, 3.63) is 0 Å². The van der Waals surface area contributed by atoms with Gasteiger partial charge in [0.2, 0.25) is 0 Å². The Kier molecular flexibility index (Phi) is 19.2. The summed E-state index contributed by atoms with van der Waals surface area (Å²) in [5, 5.41) is 4.48. The Balaban J connectivity index is 0. The number of hydrogen-bond donors (Lipinski definition) is 0.